The lowest BCUT2D eigenvalue weighted by molar-refractivity contribution is 0.296. The Morgan fingerprint density at radius 3 is 2.74 bits per heavy atom. The molecule has 5 nitrogen and oxygen atoms in total. The third kappa shape index (κ3) is 2.42. The van der Waals surface area contributed by atoms with E-state index in [0.29, 0.717) is 17.9 Å². The fraction of sp³-hybridized carbons (Fsp3) is 0.357. The van der Waals surface area contributed by atoms with Gasteiger partial charge in [0.15, 0.2) is 5.75 Å². The zero-order valence-corrected chi connectivity index (χ0v) is 10.5. The van der Waals surface area contributed by atoms with Crippen molar-refractivity contribution in [2.75, 3.05) is 13.1 Å². The van der Waals surface area contributed by atoms with E-state index < -0.39 is 0 Å². The Morgan fingerprint density at radius 1 is 1.16 bits per heavy atom. The fourth-order valence-electron chi connectivity index (χ4n) is 2.45. The van der Waals surface area contributed by atoms with Crippen molar-refractivity contribution in [1.82, 2.24) is 4.90 Å². The topological polar surface area (TPSA) is 65.3 Å². The van der Waals surface area contributed by atoms with E-state index in [-0.39, 0.29) is 11.6 Å². The molecule has 1 fully saturated rings. The van der Waals surface area contributed by atoms with Crippen molar-refractivity contribution in [3.8, 4) is 11.5 Å². The number of phenolic OH excluding ortho intramolecular Hbond substituents is 1. The van der Waals surface area contributed by atoms with E-state index in [1.165, 1.54) is 18.9 Å². The average molecular weight is 260 g/mol. The van der Waals surface area contributed by atoms with Gasteiger partial charge in [-0.25, -0.2) is 0 Å². The minimum atomic E-state index is -0.211. The molecule has 2 aliphatic heterocycles. The Labute approximate surface area is 111 Å². The lowest BCUT2D eigenvalue weighted by atomic mass is 10.1. The minimum absolute atomic E-state index is 0.104. The number of aliphatic hydroxyl groups is 1. The third-order valence-corrected chi connectivity index (χ3v) is 3.48. The first kappa shape index (κ1) is 12.0. The maximum atomic E-state index is 10.3. The number of aromatic hydroxyl groups is 1. The van der Waals surface area contributed by atoms with Gasteiger partial charge in [-0.05, 0) is 37.2 Å². The van der Waals surface area contributed by atoms with Crippen LogP contribution in [0.15, 0.2) is 23.4 Å². The van der Waals surface area contributed by atoms with E-state index in [0.717, 1.165) is 18.7 Å². The maximum Gasteiger partial charge on any atom is 0.248 e. The van der Waals surface area contributed by atoms with Crippen LogP contribution in [0.5, 0.6) is 11.5 Å². The van der Waals surface area contributed by atoms with Crippen molar-refractivity contribution in [3.05, 3.63) is 29.3 Å². The molecule has 0 unspecified atom stereocenters. The lowest BCUT2D eigenvalue weighted by Crippen LogP contribution is -2.18. The van der Waals surface area contributed by atoms with Crippen LogP contribution in [-0.2, 0) is 6.54 Å². The minimum Gasteiger partial charge on any atom is -0.504 e. The van der Waals surface area contributed by atoms with Crippen LogP contribution in [0.25, 0.3) is 6.08 Å². The van der Waals surface area contributed by atoms with Crippen LogP contribution < -0.4 is 4.84 Å². The number of benzene rings is 1. The first-order valence-electron chi connectivity index (χ1n) is 6.43. The Hall–Kier alpha value is -2.01. The summed E-state index contributed by atoms with van der Waals surface area (Å²) in [6.07, 6.45) is 5.53. The van der Waals surface area contributed by atoms with Crippen molar-refractivity contribution in [2.45, 2.75) is 19.4 Å². The van der Waals surface area contributed by atoms with Gasteiger partial charge in [-0.1, -0.05) is 12.1 Å². The molecule has 0 bridgehead atoms. The molecular formula is C14H16N2O3. The van der Waals surface area contributed by atoms with Gasteiger partial charge in [0.1, 0.15) is 0 Å². The normalized spacial score (nSPS) is 18.6. The van der Waals surface area contributed by atoms with Crippen molar-refractivity contribution < 1.29 is 15.1 Å². The number of nitrogens with zero attached hydrogens (tertiary/aromatic N) is 2. The summed E-state index contributed by atoms with van der Waals surface area (Å²) < 4.78 is 0. The van der Waals surface area contributed by atoms with Gasteiger partial charge >= 0.3 is 0 Å². The molecule has 0 radical (unpaired) electrons. The Bertz CT molecular complexity index is 546. The van der Waals surface area contributed by atoms with Gasteiger partial charge in [0.2, 0.25) is 11.6 Å². The predicted molar refractivity (Wildman–Crippen MR) is 72.3 cm³/mol. The number of hydrogen-bond acceptors (Lipinski definition) is 4. The number of phenols is 1. The van der Waals surface area contributed by atoms with Crippen LogP contribution in [-0.4, -0.2) is 34.1 Å². The Morgan fingerprint density at radius 2 is 1.95 bits per heavy atom. The van der Waals surface area contributed by atoms with Gasteiger partial charge < -0.3 is 15.1 Å². The molecule has 2 heterocycles. The van der Waals surface area contributed by atoms with Gasteiger partial charge in [-0.3, -0.25) is 4.90 Å². The summed E-state index contributed by atoms with van der Waals surface area (Å²) >= 11 is 0. The largest absolute Gasteiger partial charge is 0.504 e. The van der Waals surface area contributed by atoms with E-state index in [1.807, 2.05) is 12.1 Å². The molecule has 2 aliphatic rings. The molecule has 19 heavy (non-hydrogen) atoms. The monoisotopic (exact) mass is 260 g/mol. The molecule has 3 rings (SSSR count). The van der Waals surface area contributed by atoms with Gasteiger partial charge in [-0.15, -0.1) is 0 Å². The van der Waals surface area contributed by atoms with Crippen molar-refractivity contribution in [2.24, 2.45) is 5.16 Å². The van der Waals surface area contributed by atoms with Crippen molar-refractivity contribution >= 4 is 12.0 Å². The molecule has 0 atom stereocenters. The SMILES string of the molecule is OC1=NOc2c(ccc(CN3CCCC3)c2O)C=C1. The van der Waals surface area contributed by atoms with Crippen LogP contribution >= 0.6 is 0 Å². The molecule has 0 aromatic heterocycles. The summed E-state index contributed by atoms with van der Waals surface area (Å²) in [6.45, 7) is 2.84. The first-order valence-corrected chi connectivity index (χ1v) is 6.43. The molecule has 100 valence electrons. The van der Waals surface area contributed by atoms with Crippen molar-refractivity contribution in [1.29, 1.82) is 0 Å². The second-order valence-electron chi connectivity index (χ2n) is 4.85. The summed E-state index contributed by atoms with van der Waals surface area (Å²) in [5.41, 5.74) is 1.53. The predicted octanol–water partition coefficient (Wildman–Crippen LogP) is 2.27. The maximum absolute atomic E-state index is 10.3. The van der Waals surface area contributed by atoms with Crippen LogP contribution in [0.1, 0.15) is 24.0 Å². The number of aliphatic hydroxyl groups excluding tert-OH is 1. The van der Waals surface area contributed by atoms with E-state index >= 15 is 0 Å². The number of fused-ring (bicyclic) bond motifs is 1. The molecule has 0 amide bonds. The van der Waals surface area contributed by atoms with E-state index in [9.17, 15) is 10.2 Å². The highest BCUT2D eigenvalue weighted by molar-refractivity contribution is 5.91. The second-order valence-corrected chi connectivity index (χ2v) is 4.85. The van der Waals surface area contributed by atoms with Crippen LogP contribution in [0, 0.1) is 0 Å². The fourth-order valence-corrected chi connectivity index (χ4v) is 2.45. The Kier molecular flexibility index (Phi) is 3.13. The van der Waals surface area contributed by atoms with Gasteiger partial charge in [0.05, 0.1) is 0 Å². The molecule has 2 N–H and O–H groups in total. The van der Waals surface area contributed by atoms with Gasteiger partial charge in [0.25, 0.3) is 0 Å². The number of hydrogen-bond donors (Lipinski definition) is 2. The van der Waals surface area contributed by atoms with Crippen LogP contribution in [0.4, 0.5) is 0 Å². The molecule has 5 heteroatoms. The molecule has 1 aromatic rings. The number of oxime groups is 1. The van der Waals surface area contributed by atoms with E-state index in [2.05, 4.69) is 10.1 Å². The molecule has 0 aliphatic carbocycles. The molecule has 0 saturated carbocycles. The summed E-state index contributed by atoms with van der Waals surface area (Å²) in [6, 6.07) is 3.76. The highest BCUT2D eigenvalue weighted by atomic mass is 16.6. The summed E-state index contributed by atoms with van der Waals surface area (Å²) in [4.78, 5) is 7.40. The third-order valence-electron chi connectivity index (χ3n) is 3.48. The highest BCUT2D eigenvalue weighted by Gasteiger charge is 2.19. The van der Waals surface area contributed by atoms with Gasteiger partial charge in [0, 0.05) is 23.7 Å². The number of rotatable bonds is 2. The van der Waals surface area contributed by atoms with Gasteiger partial charge in [-0.2, -0.15) is 0 Å². The molecule has 1 aromatic carbocycles. The second kappa shape index (κ2) is 4.93. The zero-order valence-electron chi connectivity index (χ0n) is 10.5. The quantitative estimate of drug-likeness (QED) is 0.856. The average Bonchev–Trinajstić information content (AvgIpc) is 2.83. The van der Waals surface area contributed by atoms with E-state index in [1.54, 1.807) is 6.08 Å². The summed E-state index contributed by atoms with van der Waals surface area (Å²) in [5.74, 6) is 0.196. The smallest absolute Gasteiger partial charge is 0.248 e. The zero-order chi connectivity index (χ0) is 13.2. The lowest BCUT2D eigenvalue weighted by Gasteiger charge is -2.17. The highest BCUT2D eigenvalue weighted by Crippen LogP contribution is 2.36. The first-order chi connectivity index (χ1) is 9.24. The van der Waals surface area contributed by atoms with Crippen molar-refractivity contribution in [3.63, 3.8) is 0 Å². The number of likely N-dealkylation sites (tertiary alicyclic amines) is 1. The molecular weight excluding hydrogens is 244 g/mol. The summed E-state index contributed by atoms with van der Waals surface area (Å²) in [7, 11) is 0. The van der Waals surface area contributed by atoms with E-state index in [4.69, 9.17) is 4.84 Å². The summed E-state index contributed by atoms with van der Waals surface area (Å²) in [5, 5.41) is 23.1. The van der Waals surface area contributed by atoms with Crippen LogP contribution in [0.2, 0.25) is 0 Å². The molecule has 1 saturated heterocycles. The standard InChI is InChI=1S/C14H16N2O3/c17-12-6-5-10-3-4-11(9-16-7-1-2-8-16)13(18)14(10)19-15-12/h3-6,18H,1-2,7-9H2,(H,15,17). The Balaban J connectivity index is 1.90. The van der Waals surface area contributed by atoms with Crippen LogP contribution in [0.3, 0.4) is 0 Å². The molecule has 0 spiro atoms.